The van der Waals surface area contributed by atoms with E-state index >= 15 is 0 Å². The molecule has 0 bridgehead atoms. The van der Waals surface area contributed by atoms with E-state index in [-0.39, 0.29) is 26.3 Å². The second-order valence-electron chi connectivity index (χ2n) is 5.10. The molecule has 0 amide bonds. The van der Waals surface area contributed by atoms with Crippen molar-refractivity contribution in [3.8, 4) is 0 Å². The molecule has 1 aromatic rings. The largest absolute Gasteiger partial charge is 0.392 e. The molecule has 0 saturated heterocycles. The second kappa shape index (κ2) is 6.64. The van der Waals surface area contributed by atoms with Crippen LogP contribution in [0.2, 0.25) is 10.0 Å². The van der Waals surface area contributed by atoms with Crippen LogP contribution in [0.1, 0.15) is 24.8 Å². The summed E-state index contributed by atoms with van der Waals surface area (Å²) in [6.45, 7) is 0.00443. The molecule has 118 valence electrons. The van der Waals surface area contributed by atoms with Crippen LogP contribution in [-0.4, -0.2) is 31.1 Å². The summed E-state index contributed by atoms with van der Waals surface area (Å²) in [5, 5.41) is 9.46. The summed E-state index contributed by atoms with van der Waals surface area (Å²) in [5.41, 5.74) is 0.299. The Morgan fingerprint density at radius 2 is 2.05 bits per heavy atom. The van der Waals surface area contributed by atoms with Crippen LogP contribution >= 0.6 is 35.0 Å². The van der Waals surface area contributed by atoms with Gasteiger partial charge in [0.05, 0.1) is 11.6 Å². The highest BCUT2D eigenvalue weighted by atomic mass is 35.5. The van der Waals surface area contributed by atoms with Crippen LogP contribution < -0.4 is 4.72 Å². The maximum absolute atomic E-state index is 12.4. The Balaban J connectivity index is 2.25. The molecule has 1 aliphatic carbocycles. The molecule has 1 saturated carbocycles. The van der Waals surface area contributed by atoms with Gasteiger partial charge in [-0.2, -0.15) is 11.8 Å². The van der Waals surface area contributed by atoms with E-state index in [0.29, 0.717) is 12.1 Å². The molecule has 1 aromatic carbocycles. The van der Waals surface area contributed by atoms with Crippen LogP contribution in [0.5, 0.6) is 0 Å². The zero-order chi connectivity index (χ0) is 15.7. The molecule has 0 radical (unpaired) electrons. The van der Waals surface area contributed by atoms with Crippen LogP contribution in [0, 0.1) is 0 Å². The van der Waals surface area contributed by atoms with Crippen molar-refractivity contribution in [1.29, 1.82) is 0 Å². The number of rotatable bonds is 6. The van der Waals surface area contributed by atoms with Crippen molar-refractivity contribution in [3.05, 3.63) is 27.7 Å². The van der Waals surface area contributed by atoms with Crippen molar-refractivity contribution in [3.63, 3.8) is 0 Å². The van der Waals surface area contributed by atoms with E-state index in [4.69, 9.17) is 23.2 Å². The molecule has 0 spiro atoms. The zero-order valence-corrected chi connectivity index (χ0v) is 14.7. The van der Waals surface area contributed by atoms with Gasteiger partial charge in [-0.3, -0.25) is 0 Å². The van der Waals surface area contributed by atoms with Gasteiger partial charge in [0, 0.05) is 16.3 Å². The first-order chi connectivity index (χ1) is 9.83. The second-order valence-corrected chi connectivity index (χ2v) is 8.92. The molecular formula is C13H17Cl2NO3S2. The average molecular weight is 370 g/mol. The van der Waals surface area contributed by atoms with Crippen molar-refractivity contribution in [1.82, 2.24) is 4.72 Å². The highest BCUT2D eigenvalue weighted by Crippen LogP contribution is 2.42. The van der Waals surface area contributed by atoms with Gasteiger partial charge in [-0.1, -0.05) is 29.6 Å². The summed E-state index contributed by atoms with van der Waals surface area (Å²) < 4.78 is 27.5. The Hall–Kier alpha value is 0.0200. The van der Waals surface area contributed by atoms with E-state index in [1.54, 1.807) is 11.8 Å². The highest BCUT2D eigenvalue weighted by Gasteiger charge is 2.37. The van der Waals surface area contributed by atoms with Crippen LogP contribution in [0.25, 0.3) is 0 Å². The number of hydrogen-bond acceptors (Lipinski definition) is 4. The Labute approximate surface area is 139 Å². The summed E-state index contributed by atoms with van der Waals surface area (Å²) in [6, 6.07) is 2.76. The van der Waals surface area contributed by atoms with E-state index in [1.165, 1.54) is 12.1 Å². The van der Waals surface area contributed by atoms with Crippen LogP contribution in [0.15, 0.2) is 17.0 Å². The minimum absolute atomic E-state index is 0.0150. The first-order valence-electron chi connectivity index (χ1n) is 6.47. The lowest BCUT2D eigenvalue weighted by molar-refractivity contribution is 0.281. The fourth-order valence-corrected chi connectivity index (χ4v) is 5.31. The lowest BCUT2D eigenvalue weighted by Gasteiger charge is -2.40. The molecule has 1 fully saturated rings. The topological polar surface area (TPSA) is 66.4 Å². The molecule has 21 heavy (non-hydrogen) atoms. The van der Waals surface area contributed by atoms with Crippen molar-refractivity contribution >= 4 is 45.0 Å². The Bertz CT molecular complexity index is 625. The van der Waals surface area contributed by atoms with Crippen molar-refractivity contribution < 1.29 is 13.5 Å². The molecule has 2 rings (SSSR count). The lowest BCUT2D eigenvalue weighted by Crippen LogP contribution is -2.45. The standard InChI is InChI=1S/C13H17Cl2NO3S2/c1-20-13(3-2-4-13)8-16-21(18,19)11-6-10(14)5-9(7-17)12(11)15/h5-6,16-17H,2-4,7-8H2,1H3. The maximum Gasteiger partial charge on any atom is 0.242 e. The van der Waals surface area contributed by atoms with Gasteiger partial charge in [-0.05, 0) is 36.8 Å². The predicted octanol–water partition coefficient (Wildman–Crippen LogP) is 3.05. The van der Waals surface area contributed by atoms with Crippen LogP contribution in [0.4, 0.5) is 0 Å². The van der Waals surface area contributed by atoms with Crippen molar-refractivity contribution in [2.45, 2.75) is 35.5 Å². The van der Waals surface area contributed by atoms with Gasteiger partial charge in [0.1, 0.15) is 4.90 Å². The Kier molecular flexibility index (Phi) is 5.50. The fraction of sp³-hybridized carbons (Fsp3) is 0.538. The summed E-state index contributed by atoms with van der Waals surface area (Å²) in [4.78, 5) is -0.0868. The van der Waals surface area contributed by atoms with Crippen LogP contribution in [-0.2, 0) is 16.6 Å². The molecule has 0 atom stereocenters. The number of halogens is 2. The quantitative estimate of drug-likeness (QED) is 0.808. The van der Waals surface area contributed by atoms with Gasteiger partial charge in [0.15, 0.2) is 0 Å². The maximum atomic E-state index is 12.4. The normalized spacial score (nSPS) is 17.5. The third kappa shape index (κ3) is 3.68. The smallest absolute Gasteiger partial charge is 0.242 e. The van der Waals surface area contributed by atoms with Crippen molar-refractivity contribution in [2.75, 3.05) is 12.8 Å². The fourth-order valence-electron chi connectivity index (χ4n) is 2.26. The molecule has 8 heteroatoms. The highest BCUT2D eigenvalue weighted by molar-refractivity contribution is 8.00. The van der Waals surface area contributed by atoms with E-state index in [2.05, 4.69) is 4.72 Å². The zero-order valence-electron chi connectivity index (χ0n) is 11.5. The van der Waals surface area contributed by atoms with E-state index in [0.717, 1.165) is 19.3 Å². The number of hydrogen-bond donors (Lipinski definition) is 2. The van der Waals surface area contributed by atoms with E-state index in [9.17, 15) is 13.5 Å². The van der Waals surface area contributed by atoms with E-state index in [1.807, 2.05) is 6.26 Å². The molecule has 2 N–H and O–H groups in total. The van der Waals surface area contributed by atoms with Gasteiger partial charge >= 0.3 is 0 Å². The summed E-state index contributed by atoms with van der Waals surface area (Å²) in [7, 11) is -3.76. The van der Waals surface area contributed by atoms with Crippen LogP contribution in [0.3, 0.4) is 0 Å². The molecule has 4 nitrogen and oxygen atoms in total. The molecule has 1 aliphatic rings. The number of aliphatic hydroxyl groups is 1. The molecule has 0 aromatic heterocycles. The first-order valence-corrected chi connectivity index (χ1v) is 9.93. The van der Waals surface area contributed by atoms with Gasteiger partial charge < -0.3 is 5.11 Å². The third-order valence-corrected chi connectivity index (χ3v) is 7.44. The third-order valence-electron chi connectivity index (χ3n) is 3.82. The van der Waals surface area contributed by atoms with Crippen molar-refractivity contribution in [2.24, 2.45) is 0 Å². The lowest BCUT2D eigenvalue weighted by atomic mass is 9.84. The van der Waals surface area contributed by atoms with Gasteiger partial charge in [0.2, 0.25) is 10.0 Å². The minimum atomic E-state index is -3.76. The minimum Gasteiger partial charge on any atom is -0.392 e. The number of nitrogens with one attached hydrogen (secondary N) is 1. The molecule has 0 heterocycles. The molecule has 0 aliphatic heterocycles. The van der Waals surface area contributed by atoms with Gasteiger partial charge in [0.25, 0.3) is 0 Å². The number of sulfonamides is 1. The number of thioether (sulfide) groups is 1. The number of aliphatic hydroxyl groups excluding tert-OH is 1. The first kappa shape index (κ1) is 17.4. The average Bonchev–Trinajstić information content (AvgIpc) is 2.40. The Morgan fingerprint density at radius 3 is 2.52 bits per heavy atom. The monoisotopic (exact) mass is 369 g/mol. The van der Waals surface area contributed by atoms with E-state index < -0.39 is 10.0 Å². The molecule has 0 unspecified atom stereocenters. The number of benzene rings is 1. The summed E-state index contributed by atoms with van der Waals surface area (Å²) in [5.74, 6) is 0. The predicted molar refractivity (Wildman–Crippen MR) is 87.7 cm³/mol. The molecular weight excluding hydrogens is 353 g/mol. The SMILES string of the molecule is CSC1(CNS(=O)(=O)c2cc(Cl)cc(CO)c2Cl)CCC1. The summed E-state index contributed by atoms with van der Waals surface area (Å²) >= 11 is 13.6. The van der Waals surface area contributed by atoms with Gasteiger partial charge in [-0.15, -0.1) is 0 Å². The van der Waals surface area contributed by atoms with Gasteiger partial charge in [-0.25, -0.2) is 13.1 Å². The summed E-state index contributed by atoms with van der Waals surface area (Å²) in [6.07, 6.45) is 5.11. The Morgan fingerprint density at radius 1 is 1.38 bits per heavy atom.